The molecule has 9 heteroatoms. The molecule has 8 nitrogen and oxygen atoms in total. The van der Waals surface area contributed by atoms with Gasteiger partial charge in [0.25, 0.3) is 0 Å². The molecule has 4 rings (SSSR count). The Hall–Kier alpha value is -2.77. The summed E-state index contributed by atoms with van der Waals surface area (Å²) in [5.41, 5.74) is 2.79. The van der Waals surface area contributed by atoms with Gasteiger partial charge < -0.3 is 9.47 Å². The molecule has 207 valence electrons. The number of benzene rings is 2. The van der Waals surface area contributed by atoms with E-state index in [-0.39, 0.29) is 21.7 Å². The Kier molecular flexibility index (Phi) is 11.3. The number of carbonyl (C=O) groups excluding carboxylic acids is 1. The van der Waals surface area contributed by atoms with Crippen LogP contribution in [0.25, 0.3) is 10.9 Å². The van der Waals surface area contributed by atoms with Gasteiger partial charge in [-0.2, -0.15) is 0 Å². The van der Waals surface area contributed by atoms with Gasteiger partial charge in [-0.25, -0.2) is 0 Å². The van der Waals surface area contributed by atoms with Crippen molar-refractivity contribution in [3.8, 4) is 5.75 Å². The molecule has 1 N–H and O–H groups in total. The van der Waals surface area contributed by atoms with Gasteiger partial charge in [-0.05, 0) is 0 Å². The number of aromatic nitrogens is 2. The van der Waals surface area contributed by atoms with E-state index in [0.717, 1.165) is 28.5 Å². The molecule has 0 unspecified atom stereocenters. The first-order chi connectivity index (χ1) is 19.1. The van der Waals surface area contributed by atoms with E-state index in [0.29, 0.717) is 48.4 Å². The van der Waals surface area contributed by atoms with Crippen molar-refractivity contribution in [1.82, 2.24) is 14.9 Å². The first kappa shape index (κ1) is 29.2. The van der Waals surface area contributed by atoms with Gasteiger partial charge in [0.1, 0.15) is 0 Å². The van der Waals surface area contributed by atoms with Crippen LogP contribution in [0.15, 0.2) is 60.9 Å². The molecule has 1 fully saturated rings. The van der Waals surface area contributed by atoms with Crippen LogP contribution in [0, 0.1) is 5.92 Å². The number of carbonyl (C=O) groups is 1. The van der Waals surface area contributed by atoms with Crippen LogP contribution in [0.5, 0.6) is 5.75 Å². The van der Waals surface area contributed by atoms with Crippen molar-refractivity contribution in [3.05, 3.63) is 66.5 Å². The number of hydrogen-bond donors (Lipinski definition) is 1. The van der Waals surface area contributed by atoms with E-state index >= 15 is 0 Å². The van der Waals surface area contributed by atoms with Crippen LogP contribution in [0.2, 0.25) is 0 Å². The van der Waals surface area contributed by atoms with Crippen LogP contribution in [0.3, 0.4) is 0 Å². The zero-order valence-electron chi connectivity index (χ0n) is 23.0. The second-order valence-corrected chi connectivity index (χ2v) is 12.8. The Morgan fingerprint density at radius 2 is 1.87 bits per heavy atom. The monoisotopic (exact) mass is 593 g/mol. The van der Waals surface area contributed by atoms with Gasteiger partial charge in [-0.15, -0.1) is 0 Å². The first-order valence-electron chi connectivity index (χ1n) is 13.4. The minimum Gasteiger partial charge on any atom is -0.383 e. The molecule has 1 aliphatic carbocycles. The van der Waals surface area contributed by atoms with Crippen molar-refractivity contribution >= 4 is 42.7 Å². The molecule has 1 amide bonds. The average molecular weight is 594 g/mol. The maximum atomic E-state index is 13.0. The number of hydrogen-bond acceptors (Lipinski definition) is 7. The summed E-state index contributed by atoms with van der Waals surface area (Å²) < 4.78 is 18.0. The molecule has 1 atom stereocenters. The molecular weight excluding hydrogens is 555 g/mol. The predicted octanol–water partition coefficient (Wildman–Crippen LogP) is 3.60. The molecule has 0 bridgehead atoms. The predicted molar refractivity (Wildman–Crippen MR) is 156 cm³/mol. The molecule has 1 radical (unpaired) electrons. The molecule has 1 heterocycles. The second kappa shape index (κ2) is 15.1. The van der Waals surface area contributed by atoms with Crippen LogP contribution in [-0.4, -0.2) is 90.2 Å². The number of rotatable bonds is 16. The number of anilines is 1. The molecule has 39 heavy (non-hydrogen) atoms. The summed E-state index contributed by atoms with van der Waals surface area (Å²) in [5, 5.41) is 4.02. The SMILES string of the molecule is COCCN(CC=CC(=O)Nc1cc2c([As][C@H](C)c3ccccc3)ncnc2cc1OCC1CC1)CCOC. The van der Waals surface area contributed by atoms with Crippen molar-refractivity contribution in [2.75, 3.05) is 59.0 Å². The van der Waals surface area contributed by atoms with Gasteiger partial charge in [0.2, 0.25) is 0 Å². The number of nitrogens with one attached hydrogen (secondary N) is 1. The molecule has 2 aromatic carbocycles. The summed E-state index contributed by atoms with van der Waals surface area (Å²) >= 11 is -0.265. The van der Waals surface area contributed by atoms with Gasteiger partial charge in [0, 0.05) is 14.2 Å². The van der Waals surface area contributed by atoms with E-state index in [2.05, 4.69) is 51.4 Å². The first-order valence-corrected chi connectivity index (χ1v) is 15.4. The van der Waals surface area contributed by atoms with Crippen molar-refractivity contribution in [1.29, 1.82) is 0 Å². The van der Waals surface area contributed by atoms with E-state index in [9.17, 15) is 4.79 Å². The van der Waals surface area contributed by atoms with Crippen molar-refractivity contribution in [2.24, 2.45) is 5.92 Å². The zero-order chi connectivity index (χ0) is 27.5. The van der Waals surface area contributed by atoms with Gasteiger partial charge in [-0.3, -0.25) is 0 Å². The number of ether oxygens (including phenoxy) is 3. The van der Waals surface area contributed by atoms with Crippen LogP contribution in [-0.2, 0) is 14.3 Å². The molecule has 3 aromatic rings. The summed E-state index contributed by atoms with van der Waals surface area (Å²) in [4.78, 5) is 24.3. The Morgan fingerprint density at radius 1 is 1.13 bits per heavy atom. The number of amides is 1. The summed E-state index contributed by atoms with van der Waals surface area (Å²) in [6, 6.07) is 14.4. The van der Waals surface area contributed by atoms with Crippen molar-refractivity contribution < 1.29 is 19.0 Å². The van der Waals surface area contributed by atoms with Gasteiger partial charge >= 0.3 is 215 Å². The van der Waals surface area contributed by atoms with Crippen LogP contribution < -0.4 is 14.5 Å². The third-order valence-electron chi connectivity index (χ3n) is 6.60. The van der Waals surface area contributed by atoms with E-state index < -0.39 is 0 Å². The molecule has 1 aliphatic rings. The number of fused-ring (bicyclic) bond motifs is 1. The number of nitrogens with zero attached hydrogens (tertiary/aromatic N) is 3. The fraction of sp³-hybridized carbons (Fsp3) is 0.433. The second-order valence-electron chi connectivity index (χ2n) is 9.71. The summed E-state index contributed by atoms with van der Waals surface area (Å²) in [7, 11) is 3.37. The fourth-order valence-corrected chi connectivity index (χ4v) is 6.45. The normalized spacial score (nSPS) is 14.6. The fourth-order valence-electron chi connectivity index (χ4n) is 4.09. The molecular formula is C30H38AsN4O4. The van der Waals surface area contributed by atoms with Crippen molar-refractivity contribution in [2.45, 2.75) is 24.5 Å². The van der Waals surface area contributed by atoms with E-state index in [1.54, 1.807) is 26.6 Å². The Labute approximate surface area is 237 Å². The molecule has 0 saturated heterocycles. The summed E-state index contributed by atoms with van der Waals surface area (Å²) in [5.74, 6) is 1.04. The van der Waals surface area contributed by atoms with Crippen LogP contribution in [0.1, 0.15) is 30.0 Å². The third kappa shape index (κ3) is 9.14. The molecule has 0 spiro atoms. The van der Waals surface area contributed by atoms with Crippen molar-refractivity contribution in [3.63, 3.8) is 0 Å². The van der Waals surface area contributed by atoms with Crippen LogP contribution >= 0.6 is 0 Å². The van der Waals surface area contributed by atoms with E-state index in [1.165, 1.54) is 18.4 Å². The third-order valence-corrected chi connectivity index (χ3v) is 9.30. The zero-order valence-corrected chi connectivity index (χ0v) is 24.9. The van der Waals surface area contributed by atoms with E-state index in [4.69, 9.17) is 14.2 Å². The Morgan fingerprint density at radius 3 is 2.56 bits per heavy atom. The summed E-state index contributed by atoms with van der Waals surface area (Å²) in [6.45, 7) is 6.29. The standard InChI is InChI=1S/C30H38AsN4O4/c1-22(24-8-5-4-6-9-24)31-30-25-18-27(28(39-20-23-11-12-23)19-26(25)32-21-33-30)34-29(36)10-7-13-35(14-16-37-2)15-17-38-3/h4-10,18-19,21-23H,11-17,20H2,1-3H3,(H,34,36)/t22-/m1/s1. The minimum absolute atomic E-state index is 0.201. The smallest absolute Gasteiger partial charge is 0.383 e. The average Bonchev–Trinajstić information content (AvgIpc) is 3.78. The minimum atomic E-state index is -0.265. The molecule has 1 aromatic heterocycles. The Balaban J connectivity index is 1.52. The van der Waals surface area contributed by atoms with Crippen LogP contribution in [0.4, 0.5) is 5.69 Å². The van der Waals surface area contributed by atoms with Gasteiger partial charge in [0.05, 0.1) is 0 Å². The van der Waals surface area contributed by atoms with Gasteiger partial charge in [0.15, 0.2) is 0 Å². The van der Waals surface area contributed by atoms with E-state index in [1.807, 2.05) is 24.3 Å². The maximum absolute atomic E-state index is 13.0. The summed E-state index contributed by atoms with van der Waals surface area (Å²) in [6.07, 6.45) is 7.46. The number of methoxy groups -OCH3 is 2. The molecule has 1 saturated carbocycles. The van der Waals surface area contributed by atoms with Gasteiger partial charge in [-0.1, -0.05) is 0 Å². The molecule has 0 aliphatic heterocycles. The Bertz CT molecular complexity index is 1230. The quantitative estimate of drug-likeness (QED) is 0.201. The topological polar surface area (TPSA) is 85.8 Å².